The summed E-state index contributed by atoms with van der Waals surface area (Å²) in [6, 6.07) is 14.9. The van der Waals surface area contributed by atoms with Crippen LogP contribution in [0.2, 0.25) is 0 Å². The highest BCUT2D eigenvalue weighted by molar-refractivity contribution is 5.96. The largest absolute Gasteiger partial charge is 0.454 e. The first-order valence-corrected chi connectivity index (χ1v) is 10.3. The highest BCUT2D eigenvalue weighted by Crippen LogP contribution is 2.54. The molecule has 2 atom stereocenters. The van der Waals surface area contributed by atoms with E-state index in [1.807, 2.05) is 42.2 Å². The Hall–Kier alpha value is -3.06. The maximum Gasteiger partial charge on any atom is 0.254 e. The van der Waals surface area contributed by atoms with Crippen molar-refractivity contribution in [2.75, 3.05) is 26.5 Å². The molecular weight excluding hydrogens is 384 g/mol. The van der Waals surface area contributed by atoms with Gasteiger partial charge in [0, 0.05) is 31.0 Å². The third-order valence-corrected chi connectivity index (χ3v) is 6.53. The minimum atomic E-state index is -0.464. The molecule has 0 saturated carbocycles. The van der Waals surface area contributed by atoms with Crippen LogP contribution in [-0.2, 0) is 4.79 Å². The molecule has 2 fully saturated rings. The molecule has 5 rings (SSSR count). The molecule has 7 heteroatoms. The van der Waals surface area contributed by atoms with Gasteiger partial charge in [-0.3, -0.25) is 9.59 Å². The summed E-state index contributed by atoms with van der Waals surface area (Å²) in [5, 5.41) is 10.0. The van der Waals surface area contributed by atoms with Crippen LogP contribution in [-0.4, -0.2) is 64.8 Å². The van der Waals surface area contributed by atoms with Crippen LogP contribution in [0, 0.1) is 0 Å². The number of amides is 2. The monoisotopic (exact) mass is 408 g/mol. The minimum Gasteiger partial charge on any atom is -0.454 e. The first-order valence-electron chi connectivity index (χ1n) is 10.3. The first-order chi connectivity index (χ1) is 14.6. The Balaban J connectivity index is 1.41. The second kappa shape index (κ2) is 7.02. The van der Waals surface area contributed by atoms with E-state index in [1.165, 1.54) is 0 Å². The van der Waals surface area contributed by atoms with Crippen LogP contribution >= 0.6 is 0 Å². The lowest BCUT2D eigenvalue weighted by Crippen LogP contribution is -2.85. The van der Waals surface area contributed by atoms with Crippen molar-refractivity contribution in [1.29, 1.82) is 0 Å². The number of carbonyl (C=O) groups excluding carboxylic acids is 2. The van der Waals surface area contributed by atoms with E-state index in [2.05, 4.69) is 0 Å². The zero-order valence-electron chi connectivity index (χ0n) is 16.8. The summed E-state index contributed by atoms with van der Waals surface area (Å²) in [6.07, 6.45) is 0.371. The van der Waals surface area contributed by atoms with E-state index in [-0.39, 0.29) is 37.2 Å². The fourth-order valence-corrected chi connectivity index (χ4v) is 5.21. The molecule has 3 heterocycles. The molecule has 3 aliphatic rings. The van der Waals surface area contributed by atoms with Crippen LogP contribution in [0.1, 0.15) is 35.2 Å². The minimum absolute atomic E-state index is 0.00000362. The number of carbonyl (C=O) groups is 2. The topological polar surface area (TPSA) is 79.3 Å². The van der Waals surface area contributed by atoms with Crippen LogP contribution in [0.3, 0.4) is 0 Å². The Labute approximate surface area is 174 Å². The lowest BCUT2D eigenvalue weighted by atomic mass is 9.60. The lowest BCUT2D eigenvalue weighted by molar-refractivity contribution is -0.193. The Morgan fingerprint density at radius 1 is 1.10 bits per heavy atom. The van der Waals surface area contributed by atoms with Crippen LogP contribution in [0.15, 0.2) is 48.5 Å². The van der Waals surface area contributed by atoms with Gasteiger partial charge in [0.1, 0.15) is 0 Å². The number of hydrogen-bond donors (Lipinski definition) is 1. The van der Waals surface area contributed by atoms with E-state index in [9.17, 15) is 14.7 Å². The van der Waals surface area contributed by atoms with Gasteiger partial charge in [0.05, 0.1) is 18.2 Å². The Morgan fingerprint density at radius 3 is 2.53 bits per heavy atom. The molecule has 2 aromatic rings. The molecule has 30 heavy (non-hydrogen) atoms. The zero-order chi connectivity index (χ0) is 20.9. The zero-order valence-corrected chi connectivity index (χ0v) is 16.8. The Bertz CT molecular complexity index is 986. The quantitative estimate of drug-likeness (QED) is 0.837. The highest BCUT2D eigenvalue weighted by atomic mass is 16.7. The predicted molar refractivity (Wildman–Crippen MR) is 108 cm³/mol. The van der Waals surface area contributed by atoms with Gasteiger partial charge >= 0.3 is 0 Å². The van der Waals surface area contributed by atoms with Crippen LogP contribution in [0.25, 0.3) is 0 Å². The summed E-state index contributed by atoms with van der Waals surface area (Å²) < 4.78 is 10.7. The van der Waals surface area contributed by atoms with Gasteiger partial charge in [-0.05, 0) is 23.8 Å². The molecule has 2 amide bonds. The number of ether oxygens (including phenoxy) is 2. The summed E-state index contributed by atoms with van der Waals surface area (Å²) in [7, 11) is 0. The number of aliphatic hydroxyl groups is 1. The van der Waals surface area contributed by atoms with Gasteiger partial charge < -0.3 is 24.4 Å². The van der Waals surface area contributed by atoms with Gasteiger partial charge in [0.2, 0.25) is 12.7 Å². The van der Waals surface area contributed by atoms with E-state index in [0.29, 0.717) is 36.6 Å². The fraction of sp³-hybridized carbons (Fsp3) is 0.391. The van der Waals surface area contributed by atoms with E-state index < -0.39 is 5.54 Å². The fourth-order valence-electron chi connectivity index (χ4n) is 5.21. The molecule has 3 aliphatic heterocycles. The number of fused-ring (bicyclic) bond motifs is 1. The van der Waals surface area contributed by atoms with Crippen LogP contribution < -0.4 is 9.47 Å². The molecule has 1 spiro atoms. The van der Waals surface area contributed by atoms with E-state index in [1.54, 1.807) is 23.1 Å². The number of hydrogen-bond acceptors (Lipinski definition) is 5. The normalized spacial score (nSPS) is 23.1. The molecule has 0 aliphatic carbocycles. The van der Waals surface area contributed by atoms with Gasteiger partial charge in [-0.15, -0.1) is 0 Å². The molecule has 156 valence electrons. The number of benzene rings is 2. The maximum absolute atomic E-state index is 13.1. The standard InChI is InChI=1S/C23H24N2O5/c1-2-20(27)25-17(11-26)21(15-6-4-3-5-7-15)23(25)12-24(13-23)22(28)16-8-9-18-19(10-16)30-14-29-18/h3-10,17,21,26H,2,11-14H2,1H3/t17-,21-/m0/s1. The summed E-state index contributed by atoms with van der Waals surface area (Å²) in [5.41, 5.74) is 1.16. The molecule has 0 unspecified atom stereocenters. The molecule has 1 N–H and O–H groups in total. The van der Waals surface area contributed by atoms with Crippen LogP contribution in [0.4, 0.5) is 0 Å². The Morgan fingerprint density at radius 2 is 1.83 bits per heavy atom. The molecule has 0 bridgehead atoms. The van der Waals surface area contributed by atoms with E-state index in [4.69, 9.17) is 9.47 Å². The summed E-state index contributed by atoms with van der Waals surface area (Å²) >= 11 is 0. The average Bonchev–Trinajstić information content (AvgIpc) is 3.20. The van der Waals surface area contributed by atoms with Gasteiger partial charge in [-0.25, -0.2) is 0 Å². The molecule has 7 nitrogen and oxygen atoms in total. The number of rotatable bonds is 4. The van der Waals surface area contributed by atoms with Crippen LogP contribution in [0.5, 0.6) is 11.5 Å². The summed E-state index contributed by atoms with van der Waals surface area (Å²) in [5.74, 6) is 1.13. The van der Waals surface area contributed by atoms with Gasteiger partial charge in [-0.2, -0.15) is 0 Å². The summed E-state index contributed by atoms with van der Waals surface area (Å²) in [4.78, 5) is 29.4. The number of nitrogens with zero attached hydrogens (tertiary/aromatic N) is 2. The lowest BCUT2D eigenvalue weighted by Gasteiger charge is -2.70. The second-order valence-corrected chi connectivity index (χ2v) is 8.09. The third kappa shape index (κ3) is 2.61. The smallest absolute Gasteiger partial charge is 0.254 e. The van der Waals surface area contributed by atoms with Crippen molar-refractivity contribution in [1.82, 2.24) is 9.80 Å². The van der Waals surface area contributed by atoms with Crippen molar-refractivity contribution in [3.63, 3.8) is 0 Å². The third-order valence-electron chi connectivity index (χ3n) is 6.53. The van der Waals surface area contributed by atoms with Crippen molar-refractivity contribution < 1.29 is 24.2 Å². The average molecular weight is 408 g/mol. The SMILES string of the molecule is CCC(=O)N1[C@@H](CO)[C@H](c2ccccc2)C12CN(C(=O)c1ccc3c(c1)OCO3)C2. The van der Waals surface area contributed by atoms with Crippen molar-refractivity contribution in [2.45, 2.75) is 30.8 Å². The maximum atomic E-state index is 13.1. The second-order valence-electron chi connectivity index (χ2n) is 8.09. The Kier molecular flexibility index (Phi) is 4.43. The van der Waals surface area contributed by atoms with Crippen molar-refractivity contribution in [3.8, 4) is 11.5 Å². The van der Waals surface area contributed by atoms with Gasteiger partial charge in [-0.1, -0.05) is 37.3 Å². The highest BCUT2D eigenvalue weighted by Gasteiger charge is 2.67. The van der Waals surface area contributed by atoms with E-state index in [0.717, 1.165) is 5.56 Å². The van der Waals surface area contributed by atoms with E-state index >= 15 is 0 Å². The first kappa shape index (κ1) is 18.9. The van der Waals surface area contributed by atoms with Gasteiger partial charge in [0.15, 0.2) is 11.5 Å². The summed E-state index contributed by atoms with van der Waals surface area (Å²) in [6.45, 7) is 2.79. The molecular formula is C23H24N2O5. The number of aliphatic hydroxyl groups excluding tert-OH is 1. The number of likely N-dealkylation sites (tertiary alicyclic amines) is 2. The van der Waals surface area contributed by atoms with Gasteiger partial charge in [0.25, 0.3) is 5.91 Å². The van der Waals surface area contributed by atoms with Crippen molar-refractivity contribution in [3.05, 3.63) is 59.7 Å². The molecule has 2 saturated heterocycles. The molecule has 2 aromatic carbocycles. The van der Waals surface area contributed by atoms with Crippen molar-refractivity contribution >= 4 is 11.8 Å². The molecule has 0 radical (unpaired) electrons. The predicted octanol–water partition coefficient (Wildman–Crippen LogP) is 2.01. The van der Waals surface area contributed by atoms with Crippen molar-refractivity contribution in [2.24, 2.45) is 0 Å². The molecule has 0 aromatic heterocycles.